The van der Waals surface area contributed by atoms with Gasteiger partial charge in [-0.1, -0.05) is 32.0 Å². The van der Waals surface area contributed by atoms with Crippen molar-refractivity contribution in [2.24, 2.45) is 0 Å². The van der Waals surface area contributed by atoms with Gasteiger partial charge in [-0.15, -0.1) is 0 Å². The number of hydrogen-bond donors (Lipinski definition) is 1. The normalized spacial score (nSPS) is 14.9. The Labute approximate surface area is 125 Å². The van der Waals surface area contributed by atoms with Crippen LogP contribution in [0.2, 0.25) is 0 Å². The smallest absolute Gasteiger partial charge is 0.132 e. The fraction of sp³-hybridized carbons (Fsp3) is 0.471. The van der Waals surface area contributed by atoms with Crippen LogP contribution in [0.15, 0.2) is 24.3 Å². The molecule has 0 saturated heterocycles. The summed E-state index contributed by atoms with van der Waals surface area (Å²) in [4.78, 5) is 4.84. The van der Waals surface area contributed by atoms with Gasteiger partial charge in [-0.2, -0.15) is 0 Å². The van der Waals surface area contributed by atoms with Crippen molar-refractivity contribution in [3.05, 3.63) is 35.7 Å². The molecule has 2 N–H and O–H groups in total. The molecule has 1 aromatic carbocycles. The molecule has 4 nitrogen and oxygen atoms in total. The van der Waals surface area contributed by atoms with Gasteiger partial charge in [-0.05, 0) is 24.5 Å². The van der Waals surface area contributed by atoms with Crippen molar-refractivity contribution >= 4 is 5.82 Å². The SMILES string of the molecule is COCc1cccc(-c2nc(C(C)C)n(C3CC3)c2N)c1. The highest BCUT2D eigenvalue weighted by molar-refractivity contribution is 5.72. The Hall–Kier alpha value is -1.81. The number of nitrogens with two attached hydrogens (primary N) is 1. The lowest BCUT2D eigenvalue weighted by atomic mass is 10.1. The van der Waals surface area contributed by atoms with E-state index in [1.54, 1.807) is 7.11 Å². The van der Waals surface area contributed by atoms with Crippen molar-refractivity contribution in [1.82, 2.24) is 9.55 Å². The lowest BCUT2D eigenvalue weighted by molar-refractivity contribution is 0.185. The van der Waals surface area contributed by atoms with Gasteiger partial charge in [0.15, 0.2) is 0 Å². The Morgan fingerprint density at radius 3 is 2.76 bits per heavy atom. The van der Waals surface area contributed by atoms with E-state index in [-0.39, 0.29) is 0 Å². The first-order chi connectivity index (χ1) is 10.1. The molecule has 0 bridgehead atoms. The largest absolute Gasteiger partial charge is 0.383 e. The monoisotopic (exact) mass is 285 g/mol. The average Bonchev–Trinajstić information content (AvgIpc) is 3.22. The first-order valence-electron chi connectivity index (χ1n) is 7.57. The molecule has 1 aliphatic rings. The van der Waals surface area contributed by atoms with Crippen LogP contribution in [0.25, 0.3) is 11.3 Å². The minimum absolute atomic E-state index is 0.379. The summed E-state index contributed by atoms with van der Waals surface area (Å²) in [6, 6.07) is 8.83. The van der Waals surface area contributed by atoms with E-state index in [2.05, 4.69) is 36.6 Å². The van der Waals surface area contributed by atoms with E-state index in [0.29, 0.717) is 18.6 Å². The first-order valence-corrected chi connectivity index (χ1v) is 7.57. The van der Waals surface area contributed by atoms with Crippen LogP contribution in [0.4, 0.5) is 5.82 Å². The highest BCUT2D eigenvalue weighted by Gasteiger charge is 2.30. The summed E-state index contributed by atoms with van der Waals surface area (Å²) in [6.07, 6.45) is 2.42. The van der Waals surface area contributed by atoms with Gasteiger partial charge < -0.3 is 15.0 Å². The lowest BCUT2D eigenvalue weighted by Crippen LogP contribution is -2.06. The van der Waals surface area contributed by atoms with Crippen molar-refractivity contribution in [1.29, 1.82) is 0 Å². The van der Waals surface area contributed by atoms with Crippen molar-refractivity contribution in [3.63, 3.8) is 0 Å². The second-order valence-corrected chi connectivity index (χ2v) is 6.09. The molecule has 0 radical (unpaired) electrons. The number of imidazole rings is 1. The molecule has 3 rings (SSSR count). The second-order valence-electron chi connectivity index (χ2n) is 6.09. The van der Waals surface area contributed by atoms with Gasteiger partial charge in [-0.3, -0.25) is 0 Å². The summed E-state index contributed by atoms with van der Waals surface area (Å²) in [6.45, 7) is 4.95. The number of anilines is 1. The maximum absolute atomic E-state index is 6.41. The summed E-state index contributed by atoms with van der Waals surface area (Å²) in [5, 5.41) is 0. The molecule has 1 heterocycles. The molecule has 112 valence electrons. The number of hydrogen-bond acceptors (Lipinski definition) is 3. The zero-order valence-corrected chi connectivity index (χ0v) is 13.0. The molecule has 1 fully saturated rings. The maximum Gasteiger partial charge on any atom is 0.132 e. The van der Waals surface area contributed by atoms with E-state index >= 15 is 0 Å². The van der Waals surface area contributed by atoms with Crippen LogP contribution >= 0.6 is 0 Å². The third kappa shape index (κ3) is 2.68. The summed E-state index contributed by atoms with van der Waals surface area (Å²) < 4.78 is 7.45. The van der Waals surface area contributed by atoms with Gasteiger partial charge in [0, 0.05) is 24.6 Å². The van der Waals surface area contributed by atoms with Gasteiger partial charge in [-0.25, -0.2) is 4.98 Å². The second kappa shape index (κ2) is 5.53. The zero-order valence-electron chi connectivity index (χ0n) is 13.0. The molecular weight excluding hydrogens is 262 g/mol. The van der Waals surface area contributed by atoms with Gasteiger partial charge in [0.25, 0.3) is 0 Å². The summed E-state index contributed by atoms with van der Waals surface area (Å²) in [5.74, 6) is 2.28. The third-order valence-corrected chi connectivity index (χ3v) is 3.92. The lowest BCUT2D eigenvalue weighted by Gasteiger charge is -2.10. The van der Waals surface area contributed by atoms with Crippen molar-refractivity contribution in [2.75, 3.05) is 12.8 Å². The summed E-state index contributed by atoms with van der Waals surface area (Å²) in [7, 11) is 1.71. The molecule has 4 heteroatoms. The van der Waals surface area contributed by atoms with Crippen LogP contribution in [0.5, 0.6) is 0 Å². The Bertz CT molecular complexity index is 641. The highest BCUT2D eigenvalue weighted by atomic mass is 16.5. The molecule has 1 saturated carbocycles. The van der Waals surface area contributed by atoms with Crippen LogP contribution < -0.4 is 5.73 Å². The molecule has 0 spiro atoms. The van der Waals surface area contributed by atoms with Crippen LogP contribution in [0.1, 0.15) is 50.0 Å². The summed E-state index contributed by atoms with van der Waals surface area (Å²) in [5.41, 5.74) is 9.53. The molecule has 2 aromatic rings. The molecule has 0 amide bonds. The topological polar surface area (TPSA) is 53.1 Å². The van der Waals surface area contributed by atoms with Crippen LogP contribution in [0, 0.1) is 0 Å². The van der Waals surface area contributed by atoms with Crippen molar-refractivity contribution in [2.45, 2.75) is 45.3 Å². The predicted octanol–water partition coefficient (Wildman–Crippen LogP) is 3.74. The highest BCUT2D eigenvalue weighted by Crippen LogP contribution is 2.42. The predicted molar refractivity (Wildman–Crippen MR) is 85.1 cm³/mol. The Balaban J connectivity index is 2.06. The van der Waals surface area contributed by atoms with Crippen LogP contribution in [0.3, 0.4) is 0 Å². The molecule has 0 aliphatic heterocycles. The van der Waals surface area contributed by atoms with E-state index in [9.17, 15) is 0 Å². The standard InChI is InChI=1S/C17H23N3O/c1-11(2)17-19-15(16(18)20(17)14-7-8-14)13-6-4-5-12(9-13)10-21-3/h4-6,9,11,14H,7-8,10,18H2,1-3H3. The quantitative estimate of drug-likeness (QED) is 0.910. The van der Waals surface area contributed by atoms with E-state index in [4.69, 9.17) is 15.5 Å². The van der Waals surface area contributed by atoms with Gasteiger partial charge in [0.05, 0.1) is 6.61 Å². The van der Waals surface area contributed by atoms with E-state index in [1.165, 1.54) is 12.8 Å². The molecule has 21 heavy (non-hydrogen) atoms. The van der Waals surface area contributed by atoms with E-state index in [1.807, 2.05) is 6.07 Å². The number of ether oxygens (including phenoxy) is 1. The fourth-order valence-electron chi connectivity index (χ4n) is 2.77. The molecular formula is C17H23N3O. The minimum atomic E-state index is 0.379. The van der Waals surface area contributed by atoms with Crippen molar-refractivity contribution in [3.8, 4) is 11.3 Å². The van der Waals surface area contributed by atoms with Crippen LogP contribution in [-0.2, 0) is 11.3 Å². The van der Waals surface area contributed by atoms with Crippen molar-refractivity contribution < 1.29 is 4.74 Å². The molecule has 1 aliphatic carbocycles. The minimum Gasteiger partial charge on any atom is -0.383 e. The zero-order chi connectivity index (χ0) is 15.0. The summed E-state index contributed by atoms with van der Waals surface area (Å²) >= 11 is 0. The Morgan fingerprint density at radius 1 is 1.38 bits per heavy atom. The fourth-order valence-corrected chi connectivity index (χ4v) is 2.77. The number of benzene rings is 1. The number of rotatable bonds is 5. The van der Waals surface area contributed by atoms with Gasteiger partial charge in [0.2, 0.25) is 0 Å². The Morgan fingerprint density at radius 2 is 2.14 bits per heavy atom. The van der Waals surface area contributed by atoms with E-state index in [0.717, 1.165) is 28.5 Å². The third-order valence-electron chi connectivity index (χ3n) is 3.92. The number of nitrogen functional groups attached to an aromatic ring is 1. The Kier molecular flexibility index (Phi) is 3.72. The number of aromatic nitrogens is 2. The van der Waals surface area contributed by atoms with Gasteiger partial charge in [0.1, 0.15) is 17.3 Å². The number of methoxy groups -OCH3 is 1. The molecule has 0 atom stereocenters. The van der Waals surface area contributed by atoms with E-state index < -0.39 is 0 Å². The molecule has 0 unspecified atom stereocenters. The van der Waals surface area contributed by atoms with Crippen LogP contribution in [-0.4, -0.2) is 16.7 Å². The average molecular weight is 285 g/mol. The maximum atomic E-state index is 6.41. The molecule has 1 aromatic heterocycles. The van der Waals surface area contributed by atoms with Gasteiger partial charge >= 0.3 is 0 Å². The first kappa shape index (κ1) is 14.1. The number of nitrogens with zero attached hydrogens (tertiary/aromatic N) is 2.